The van der Waals surface area contributed by atoms with Crippen molar-refractivity contribution >= 4 is 40.8 Å². The van der Waals surface area contributed by atoms with E-state index in [4.69, 9.17) is 16.3 Å². The molecule has 1 aromatic heterocycles. The summed E-state index contributed by atoms with van der Waals surface area (Å²) >= 11 is 8.11. The summed E-state index contributed by atoms with van der Waals surface area (Å²) in [6, 6.07) is 16.5. The Hall–Kier alpha value is -2.70. The van der Waals surface area contributed by atoms with Gasteiger partial charge in [0.25, 0.3) is 0 Å². The second kappa shape index (κ2) is 6.48. The summed E-state index contributed by atoms with van der Waals surface area (Å²) in [6.07, 6.45) is 1.74. The number of halogens is 1. The molecule has 5 nitrogen and oxygen atoms in total. The van der Waals surface area contributed by atoms with Gasteiger partial charge >= 0.3 is 6.03 Å². The molecule has 2 aliphatic rings. The predicted octanol–water partition coefficient (Wildman–Crippen LogP) is 5.54. The van der Waals surface area contributed by atoms with Gasteiger partial charge in [0.1, 0.15) is 16.5 Å². The summed E-state index contributed by atoms with van der Waals surface area (Å²) in [5, 5.41) is 4.46. The van der Waals surface area contributed by atoms with Crippen LogP contribution in [0.5, 0.6) is 11.5 Å². The molecule has 0 saturated heterocycles. The number of rotatable bonds is 3. The highest BCUT2D eigenvalue weighted by Crippen LogP contribution is 2.47. The van der Waals surface area contributed by atoms with Crippen molar-refractivity contribution in [2.24, 2.45) is 0 Å². The number of amides is 2. The quantitative estimate of drug-likeness (QED) is 0.633. The highest BCUT2D eigenvalue weighted by atomic mass is 35.5. The zero-order chi connectivity index (χ0) is 18.4. The number of aromatic nitrogens is 1. The van der Waals surface area contributed by atoms with E-state index in [0.29, 0.717) is 22.2 Å². The van der Waals surface area contributed by atoms with E-state index in [1.165, 1.54) is 0 Å². The first-order valence-corrected chi connectivity index (χ1v) is 9.82. The molecule has 2 amide bonds. The molecule has 0 fully saturated rings. The average molecular weight is 396 g/mol. The number of hydrogen-bond donors (Lipinski definition) is 1. The number of benzene rings is 2. The SMILES string of the molecule is O=C1NC2CSc3nccc(c32)N1c1ccc(Oc2ccccc2)c(Cl)c1. The van der Waals surface area contributed by atoms with Crippen LogP contribution in [0.4, 0.5) is 16.2 Å². The third kappa shape index (κ3) is 2.81. The van der Waals surface area contributed by atoms with Crippen LogP contribution in [0.25, 0.3) is 0 Å². The fourth-order valence-electron chi connectivity index (χ4n) is 3.35. The van der Waals surface area contributed by atoms with E-state index >= 15 is 0 Å². The summed E-state index contributed by atoms with van der Waals surface area (Å²) in [5.41, 5.74) is 2.61. The summed E-state index contributed by atoms with van der Waals surface area (Å²) in [6.45, 7) is 0. The van der Waals surface area contributed by atoms with Crippen LogP contribution in [0.15, 0.2) is 65.8 Å². The summed E-state index contributed by atoms with van der Waals surface area (Å²) in [7, 11) is 0. The van der Waals surface area contributed by atoms with Crippen LogP contribution in [0, 0.1) is 0 Å². The summed E-state index contributed by atoms with van der Waals surface area (Å²) < 4.78 is 5.83. The van der Waals surface area contributed by atoms with Crippen molar-refractivity contribution < 1.29 is 9.53 Å². The van der Waals surface area contributed by atoms with E-state index in [-0.39, 0.29) is 12.1 Å². The molecule has 1 unspecified atom stereocenters. The van der Waals surface area contributed by atoms with Crippen LogP contribution in [0.1, 0.15) is 11.6 Å². The third-order valence-electron chi connectivity index (χ3n) is 4.55. The van der Waals surface area contributed by atoms with Crippen LogP contribution in [-0.4, -0.2) is 16.8 Å². The maximum Gasteiger partial charge on any atom is 0.327 e. The van der Waals surface area contributed by atoms with Gasteiger partial charge in [0.15, 0.2) is 0 Å². The lowest BCUT2D eigenvalue weighted by molar-refractivity contribution is 0.244. The van der Waals surface area contributed by atoms with Crippen molar-refractivity contribution in [3.8, 4) is 11.5 Å². The molecule has 2 aliphatic heterocycles. The molecule has 0 aliphatic carbocycles. The number of para-hydroxylation sites is 1. The number of ether oxygens (including phenoxy) is 1. The lowest BCUT2D eigenvalue weighted by atomic mass is 10.1. The van der Waals surface area contributed by atoms with Crippen molar-refractivity contribution in [3.05, 3.63) is 71.4 Å². The average Bonchev–Trinajstić information content (AvgIpc) is 3.09. The number of anilines is 2. The number of hydrogen-bond acceptors (Lipinski definition) is 4. The highest BCUT2D eigenvalue weighted by molar-refractivity contribution is 7.99. The van der Waals surface area contributed by atoms with Crippen LogP contribution in [-0.2, 0) is 0 Å². The van der Waals surface area contributed by atoms with E-state index < -0.39 is 0 Å². The maximum atomic E-state index is 12.7. The van der Waals surface area contributed by atoms with E-state index in [1.54, 1.807) is 35.0 Å². The van der Waals surface area contributed by atoms with Crippen molar-refractivity contribution in [1.29, 1.82) is 0 Å². The van der Waals surface area contributed by atoms with Gasteiger partial charge in [-0.15, -0.1) is 11.8 Å². The first kappa shape index (κ1) is 16.5. The Balaban J connectivity index is 1.52. The molecule has 3 heterocycles. The zero-order valence-corrected chi connectivity index (χ0v) is 15.6. The number of urea groups is 1. The number of carbonyl (C=O) groups excluding carboxylic acids is 1. The third-order valence-corrected chi connectivity index (χ3v) is 5.95. The van der Waals surface area contributed by atoms with Crippen LogP contribution >= 0.6 is 23.4 Å². The maximum absolute atomic E-state index is 12.7. The molecule has 3 aromatic rings. The first-order valence-electron chi connectivity index (χ1n) is 8.45. The summed E-state index contributed by atoms with van der Waals surface area (Å²) in [5.74, 6) is 2.05. The van der Waals surface area contributed by atoms with Crippen LogP contribution in [0.3, 0.4) is 0 Å². The number of nitrogens with one attached hydrogen (secondary N) is 1. The van der Waals surface area contributed by atoms with Gasteiger partial charge in [-0.05, 0) is 36.4 Å². The molecule has 27 heavy (non-hydrogen) atoms. The minimum Gasteiger partial charge on any atom is -0.456 e. The Labute approximate surface area is 165 Å². The van der Waals surface area contributed by atoms with E-state index in [0.717, 1.165) is 22.0 Å². The standard InChI is InChI=1S/C20H14ClN3O2S/c21-14-10-12(6-7-17(14)26-13-4-2-1-3-5-13)24-16-8-9-22-19-18(16)15(11-27-19)23-20(24)25/h1-10,15H,11H2,(H,23,25). The van der Waals surface area contributed by atoms with Gasteiger partial charge in [-0.1, -0.05) is 29.8 Å². The number of thioether (sulfide) groups is 1. The van der Waals surface area contributed by atoms with Crippen LogP contribution in [0.2, 0.25) is 5.02 Å². The Morgan fingerprint density at radius 3 is 2.85 bits per heavy atom. The number of pyridine rings is 1. The summed E-state index contributed by atoms with van der Waals surface area (Å²) in [4.78, 5) is 18.8. The number of nitrogens with zero attached hydrogens (tertiary/aromatic N) is 2. The zero-order valence-electron chi connectivity index (χ0n) is 14.1. The van der Waals surface area contributed by atoms with Gasteiger partial charge < -0.3 is 10.1 Å². The molecule has 1 N–H and O–H groups in total. The van der Waals surface area contributed by atoms with Crippen molar-refractivity contribution in [3.63, 3.8) is 0 Å². The minimum absolute atomic E-state index is 0.00797. The second-order valence-corrected chi connectivity index (χ2v) is 7.64. The molecule has 0 spiro atoms. The molecule has 2 aromatic carbocycles. The molecule has 1 atom stereocenters. The Morgan fingerprint density at radius 1 is 1.19 bits per heavy atom. The van der Waals surface area contributed by atoms with Gasteiger partial charge in [0.2, 0.25) is 0 Å². The van der Waals surface area contributed by atoms with Gasteiger partial charge in [0.05, 0.1) is 22.4 Å². The van der Waals surface area contributed by atoms with Crippen molar-refractivity contribution in [1.82, 2.24) is 10.3 Å². The van der Waals surface area contributed by atoms with Gasteiger partial charge in [-0.2, -0.15) is 0 Å². The molecule has 134 valence electrons. The topological polar surface area (TPSA) is 54.5 Å². The van der Waals surface area contributed by atoms with E-state index in [1.807, 2.05) is 42.5 Å². The smallest absolute Gasteiger partial charge is 0.327 e. The second-order valence-electron chi connectivity index (χ2n) is 6.23. The lowest BCUT2D eigenvalue weighted by Crippen LogP contribution is -2.44. The van der Waals surface area contributed by atoms with Gasteiger partial charge in [0, 0.05) is 17.5 Å². The minimum atomic E-state index is -0.167. The molecule has 0 radical (unpaired) electrons. The normalized spacial score (nSPS) is 17.4. The molecule has 0 saturated carbocycles. The van der Waals surface area contributed by atoms with E-state index in [9.17, 15) is 4.79 Å². The molecule has 5 rings (SSSR count). The monoisotopic (exact) mass is 395 g/mol. The fourth-order valence-corrected chi connectivity index (χ4v) is 4.67. The van der Waals surface area contributed by atoms with Crippen molar-refractivity contribution in [2.75, 3.05) is 10.7 Å². The first-order chi connectivity index (χ1) is 13.2. The number of carbonyl (C=O) groups is 1. The Kier molecular flexibility index (Phi) is 3.95. The predicted molar refractivity (Wildman–Crippen MR) is 106 cm³/mol. The lowest BCUT2D eigenvalue weighted by Gasteiger charge is -2.32. The molecule has 0 bridgehead atoms. The molecular weight excluding hydrogens is 382 g/mol. The Bertz CT molecular complexity index is 1040. The largest absolute Gasteiger partial charge is 0.456 e. The van der Waals surface area contributed by atoms with Crippen molar-refractivity contribution in [2.45, 2.75) is 11.1 Å². The molecular formula is C20H14ClN3O2S. The van der Waals surface area contributed by atoms with E-state index in [2.05, 4.69) is 10.3 Å². The molecule has 7 heteroatoms. The highest BCUT2D eigenvalue weighted by Gasteiger charge is 2.37. The Morgan fingerprint density at radius 2 is 2.04 bits per heavy atom. The van der Waals surface area contributed by atoms with Gasteiger partial charge in [-0.25, -0.2) is 9.78 Å². The fraction of sp³-hybridized carbons (Fsp3) is 0.100. The van der Waals surface area contributed by atoms with Gasteiger partial charge in [-0.3, -0.25) is 4.90 Å². The van der Waals surface area contributed by atoms with Crippen LogP contribution < -0.4 is 15.0 Å².